The van der Waals surface area contributed by atoms with Crippen LogP contribution in [-0.2, 0) is 6.42 Å². The molecule has 0 saturated carbocycles. The molecule has 5 heteroatoms. The quantitative estimate of drug-likeness (QED) is 0.522. The zero-order valence-corrected chi connectivity index (χ0v) is 13.0. The second-order valence-electron chi connectivity index (χ2n) is 3.44. The fourth-order valence-electron chi connectivity index (χ4n) is 1.42. The average molecular weight is 397 g/mol. The van der Waals surface area contributed by atoms with Crippen LogP contribution in [0.1, 0.15) is 15.9 Å². The molecule has 0 saturated heterocycles. The van der Waals surface area contributed by atoms with Crippen molar-refractivity contribution in [3.8, 4) is 0 Å². The summed E-state index contributed by atoms with van der Waals surface area (Å²) >= 11 is 15.8. The number of Topliss-reactive ketones (excluding diaryl/α,β-unsaturated/α-hetero) is 1. The van der Waals surface area contributed by atoms with E-state index in [0.717, 1.165) is 8.45 Å². The van der Waals surface area contributed by atoms with Crippen molar-refractivity contribution in [1.82, 2.24) is 0 Å². The number of thiophene rings is 1. The van der Waals surface area contributed by atoms with Gasteiger partial charge in [0.2, 0.25) is 0 Å². The van der Waals surface area contributed by atoms with E-state index in [1.165, 1.54) is 0 Å². The number of ketones is 1. The largest absolute Gasteiger partial charge is 0.294 e. The van der Waals surface area contributed by atoms with Gasteiger partial charge in [0.05, 0.1) is 2.88 Å². The van der Waals surface area contributed by atoms with E-state index in [2.05, 4.69) is 22.6 Å². The van der Waals surface area contributed by atoms with E-state index in [1.807, 2.05) is 11.4 Å². The third kappa shape index (κ3) is 3.22. The van der Waals surface area contributed by atoms with Crippen LogP contribution in [0.25, 0.3) is 0 Å². The Hall–Kier alpha value is -0.100. The molecule has 0 aliphatic carbocycles. The van der Waals surface area contributed by atoms with Crippen LogP contribution in [0.4, 0.5) is 0 Å². The van der Waals surface area contributed by atoms with Gasteiger partial charge in [-0.3, -0.25) is 4.79 Å². The van der Waals surface area contributed by atoms with Gasteiger partial charge in [-0.2, -0.15) is 0 Å². The van der Waals surface area contributed by atoms with Crippen LogP contribution in [-0.4, -0.2) is 5.78 Å². The molecule has 0 amide bonds. The fraction of sp³-hybridized carbons (Fsp3) is 0.0833. The standard InChI is InChI=1S/C12H7Cl2IOS/c13-9-2-1-3-10(14)8(9)5-11(16)7-4-12(15)17-6-7/h1-4,6H,5H2. The molecule has 0 spiro atoms. The summed E-state index contributed by atoms with van der Waals surface area (Å²) in [5.41, 5.74) is 1.41. The Kier molecular flexibility index (Phi) is 4.47. The van der Waals surface area contributed by atoms with Crippen LogP contribution in [0.5, 0.6) is 0 Å². The predicted molar refractivity (Wildman–Crippen MR) is 81.5 cm³/mol. The lowest BCUT2D eigenvalue weighted by Crippen LogP contribution is -2.03. The smallest absolute Gasteiger partial charge is 0.168 e. The van der Waals surface area contributed by atoms with Gasteiger partial charge in [-0.25, -0.2) is 0 Å². The first kappa shape index (κ1) is 13.3. The number of hydrogen-bond donors (Lipinski definition) is 0. The Morgan fingerprint density at radius 2 is 1.94 bits per heavy atom. The molecule has 0 fully saturated rings. The van der Waals surface area contributed by atoms with Crippen molar-refractivity contribution in [2.24, 2.45) is 0 Å². The lowest BCUT2D eigenvalue weighted by Gasteiger charge is -2.05. The highest BCUT2D eigenvalue weighted by molar-refractivity contribution is 14.1. The van der Waals surface area contributed by atoms with E-state index in [0.29, 0.717) is 15.6 Å². The molecule has 2 aromatic rings. The maximum atomic E-state index is 12.0. The zero-order chi connectivity index (χ0) is 12.4. The summed E-state index contributed by atoms with van der Waals surface area (Å²) in [7, 11) is 0. The van der Waals surface area contributed by atoms with Gasteiger partial charge in [0.1, 0.15) is 0 Å². The molecule has 0 unspecified atom stereocenters. The van der Waals surface area contributed by atoms with Crippen molar-refractivity contribution < 1.29 is 4.79 Å². The number of benzene rings is 1. The van der Waals surface area contributed by atoms with E-state index in [-0.39, 0.29) is 12.2 Å². The molecular weight excluding hydrogens is 390 g/mol. The fourth-order valence-corrected chi connectivity index (χ4v) is 3.30. The molecular formula is C12H7Cl2IOS. The first-order valence-electron chi connectivity index (χ1n) is 4.78. The number of carbonyl (C=O) groups excluding carboxylic acids is 1. The van der Waals surface area contributed by atoms with Gasteiger partial charge in [-0.15, -0.1) is 11.3 Å². The molecule has 0 aliphatic heterocycles. The van der Waals surface area contributed by atoms with E-state index in [9.17, 15) is 4.79 Å². The topological polar surface area (TPSA) is 17.1 Å². The van der Waals surface area contributed by atoms with Gasteiger partial charge in [0.15, 0.2) is 5.78 Å². The molecule has 0 radical (unpaired) electrons. The maximum absolute atomic E-state index is 12.0. The Morgan fingerprint density at radius 1 is 1.29 bits per heavy atom. The minimum atomic E-state index is 0.0409. The number of carbonyl (C=O) groups is 1. The third-order valence-corrected chi connectivity index (χ3v) is 4.79. The Balaban J connectivity index is 2.24. The number of hydrogen-bond acceptors (Lipinski definition) is 2. The SMILES string of the molecule is O=C(Cc1c(Cl)cccc1Cl)c1csc(I)c1. The van der Waals surface area contributed by atoms with Crippen LogP contribution >= 0.6 is 57.1 Å². The first-order valence-corrected chi connectivity index (χ1v) is 7.49. The first-order chi connectivity index (χ1) is 8.08. The monoisotopic (exact) mass is 396 g/mol. The van der Waals surface area contributed by atoms with Crippen molar-refractivity contribution in [2.45, 2.75) is 6.42 Å². The van der Waals surface area contributed by atoms with Crippen molar-refractivity contribution in [1.29, 1.82) is 0 Å². The lowest BCUT2D eigenvalue weighted by atomic mass is 10.1. The van der Waals surface area contributed by atoms with Gasteiger partial charge in [0, 0.05) is 27.4 Å². The Labute approximate surface area is 127 Å². The highest BCUT2D eigenvalue weighted by Gasteiger charge is 2.13. The molecule has 0 aliphatic rings. The van der Waals surface area contributed by atoms with Gasteiger partial charge in [-0.05, 0) is 46.4 Å². The molecule has 88 valence electrons. The molecule has 1 nitrogen and oxygen atoms in total. The van der Waals surface area contributed by atoms with E-state index < -0.39 is 0 Å². The van der Waals surface area contributed by atoms with E-state index in [4.69, 9.17) is 23.2 Å². The minimum absolute atomic E-state index is 0.0409. The Morgan fingerprint density at radius 3 is 2.47 bits per heavy atom. The van der Waals surface area contributed by atoms with Crippen LogP contribution in [0.2, 0.25) is 10.0 Å². The lowest BCUT2D eigenvalue weighted by molar-refractivity contribution is 0.0993. The molecule has 17 heavy (non-hydrogen) atoms. The minimum Gasteiger partial charge on any atom is -0.294 e. The highest BCUT2D eigenvalue weighted by Crippen LogP contribution is 2.26. The molecule has 2 rings (SSSR count). The van der Waals surface area contributed by atoms with E-state index in [1.54, 1.807) is 29.5 Å². The van der Waals surface area contributed by atoms with Gasteiger partial charge >= 0.3 is 0 Å². The maximum Gasteiger partial charge on any atom is 0.168 e. The summed E-state index contributed by atoms with van der Waals surface area (Å²) in [5.74, 6) is 0.0409. The van der Waals surface area contributed by atoms with Crippen molar-refractivity contribution in [3.05, 3.63) is 53.7 Å². The summed E-state index contributed by atoms with van der Waals surface area (Å²) in [6.45, 7) is 0. The molecule has 0 bridgehead atoms. The van der Waals surface area contributed by atoms with Crippen molar-refractivity contribution in [2.75, 3.05) is 0 Å². The number of rotatable bonds is 3. The van der Waals surface area contributed by atoms with Crippen LogP contribution in [0.3, 0.4) is 0 Å². The molecule has 1 aromatic carbocycles. The molecule has 1 heterocycles. The van der Waals surface area contributed by atoms with Crippen LogP contribution in [0.15, 0.2) is 29.6 Å². The van der Waals surface area contributed by atoms with Gasteiger partial charge in [0.25, 0.3) is 0 Å². The summed E-state index contributed by atoms with van der Waals surface area (Å²) in [6.07, 6.45) is 0.241. The summed E-state index contributed by atoms with van der Waals surface area (Å²) in [6, 6.07) is 7.13. The third-order valence-electron chi connectivity index (χ3n) is 2.29. The second kappa shape index (κ2) is 5.69. The van der Waals surface area contributed by atoms with Gasteiger partial charge < -0.3 is 0 Å². The normalized spacial score (nSPS) is 10.5. The zero-order valence-electron chi connectivity index (χ0n) is 8.54. The Bertz CT molecular complexity index is 545. The highest BCUT2D eigenvalue weighted by atomic mass is 127. The average Bonchev–Trinajstić information content (AvgIpc) is 2.70. The van der Waals surface area contributed by atoms with Crippen LogP contribution < -0.4 is 0 Å². The molecule has 0 atom stereocenters. The number of halogens is 3. The van der Waals surface area contributed by atoms with Crippen LogP contribution in [0, 0.1) is 2.88 Å². The molecule has 1 aromatic heterocycles. The van der Waals surface area contributed by atoms with Gasteiger partial charge in [-0.1, -0.05) is 29.3 Å². The van der Waals surface area contributed by atoms with Crippen molar-refractivity contribution in [3.63, 3.8) is 0 Å². The summed E-state index contributed by atoms with van der Waals surface area (Å²) < 4.78 is 1.09. The summed E-state index contributed by atoms with van der Waals surface area (Å²) in [4.78, 5) is 12.0. The summed E-state index contributed by atoms with van der Waals surface area (Å²) in [5, 5.41) is 2.93. The predicted octanol–water partition coefficient (Wildman–Crippen LogP) is 5.08. The van der Waals surface area contributed by atoms with Crippen molar-refractivity contribution >= 4 is 62.9 Å². The van der Waals surface area contributed by atoms with E-state index >= 15 is 0 Å². The molecule has 0 N–H and O–H groups in total. The second-order valence-corrected chi connectivity index (χ2v) is 7.06.